The fourth-order valence-electron chi connectivity index (χ4n) is 11.7. The molecule has 0 aromatic carbocycles. The third kappa shape index (κ3) is 2.90. The SMILES string of the molecule is CC(C)[C@H]1CC[C@]2(C)CC[C@]3(C)C(CCC4[C@@]5(C)C(O)CCC(C)(C)C5CC[C@]43C)C12.O. The van der Waals surface area contributed by atoms with Crippen molar-refractivity contribution in [3.8, 4) is 0 Å². The zero-order chi connectivity index (χ0) is 22.6. The van der Waals surface area contributed by atoms with Crippen molar-refractivity contribution in [2.45, 2.75) is 126 Å². The molecule has 5 aliphatic carbocycles. The number of hydrogen-bond acceptors (Lipinski definition) is 1. The van der Waals surface area contributed by atoms with Gasteiger partial charge in [-0.3, -0.25) is 0 Å². The van der Waals surface area contributed by atoms with Crippen molar-refractivity contribution in [1.29, 1.82) is 0 Å². The van der Waals surface area contributed by atoms with Gasteiger partial charge < -0.3 is 10.6 Å². The Kier molecular flexibility index (Phi) is 5.83. The van der Waals surface area contributed by atoms with Crippen LogP contribution in [0.15, 0.2) is 0 Å². The van der Waals surface area contributed by atoms with Crippen molar-refractivity contribution in [2.75, 3.05) is 0 Å². The molecular formula is C30H54O2. The minimum absolute atomic E-state index is 0. The Morgan fingerprint density at radius 2 is 1.38 bits per heavy atom. The van der Waals surface area contributed by atoms with E-state index in [2.05, 4.69) is 55.4 Å². The van der Waals surface area contributed by atoms with Gasteiger partial charge in [-0.2, -0.15) is 0 Å². The highest BCUT2D eigenvalue weighted by Crippen LogP contribution is 2.77. The van der Waals surface area contributed by atoms with Crippen LogP contribution in [-0.2, 0) is 0 Å². The summed E-state index contributed by atoms with van der Waals surface area (Å²) in [4.78, 5) is 0. The van der Waals surface area contributed by atoms with Crippen LogP contribution in [0.2, 0.25) is 0 Å². The minimum Gasteiger partial charge on any atom is -0.412 e. The maximum atomic E-state index is 11.5. The molecule has 0 amide bonds. The molecule has 0 aliphatic heterocycles. The van der Waals surface area contributed by atoms with Crippen LogP contribution in [0, 0.1) is 62.6 Å². The van der Waals surface area contributed by atoms with Gasteiger partial charge >= 0.3 is 0 Å². The molecule has 0 radical (unpaired) electrons. The predicted octanol–water partition coefficient (Wildman–Crippen LogP) is 7.28. The maximum absolute atomic E-state index is 11.5. The molecule has 5 rings (SSSR count). The predicted molar refractivity (Wildman–Crippen MR) is 134 cm³/mol. The first-order chi connectivity index (χ1) is 14.3. The Morgan fingerprint density at radius 3 is 2.03 bits per heavy atom. The molecule has 2 nitrogen and oxygen atoms in total. The topological polar surface area (TPSA) is 51.7 Å². The Hall–Kier alpha value is -0.0800. The molecule has 5 saturated carbocycles. The van der Waals surface area contributed by atoms with Crippen molar-refractivity contribution < 1.29 is 10.6 Å². The third-order valence-corrected chi connectivity index (χ3v) is 13.7. The van der Waals surface area contributed by atoms with Crippen molar-refractivity contribution in [3.05, 3.63) is 0 Å². The van der Waals surface area contributed by atoms with Gasteiger partial charge in [-0.05, 0) is 121 Å². The van der Waals surface area contributed by atoms with Crippen LogP contribution in [0.25, 0.3) is 0 Å². The third-order valence-electron chi connectivity index (χ3n) is 13.7. The molecule has 10 atom stereocenters. The standard InChI is InChI=1S/C30H52O.H2O/c1-19(2)20-11-15-27(5)17-18-28(6)21(25(20)27)9-10-23-29(28,7)16-12-22-26(3,4)14-13-24(31)30(22,23)8;/h19-25,31H,9-18H2,1-8H3;1H2/t20-,21?,22?,23?,24?,25?,27-,28-,29-,30+;/m1./s1. The lowest BCUT2D eigenvalue weighted by Crippen LogP contribution is -2.68. The van der Waals surface area contributed by atoms with Crippen molar-refractivity contribution >= 4 is 0 Å². The summed E-state index contributed by atoms with van der Waals surface area (Å²) in [5.41, 5.74) is 1.92. The minimum atomic E-state index is -0.0981. The summed E-state index contributed by atoms with van der Waals surface area (Å²) >= 11 is 0. The van der Waals surface area contributed by atoms with E-state index in [-0.39, 0.29) is 17.0 Å². The van der Waals surface area contributed by atoms with Gasteiger partial charge in [-0.1, -0.05) is 55.4 Å². The van der Waals surface area contributed by atoms with Gasteiger partial charge in [0, 0.05) is 5.41 Å². The zero-order valence-electron chi connectivity index (χ0n) is 22.6. The number of rotatable bonds is 1. The molecule has 0 saturated heterocycles. The average Bonchev–Trinajstić information content (AvgIpc) is 3.04. The summed E-state index contributed by atoms with van der Waals surface area (Å²) < 4.78 is 0. The van der Waals surface area contributed by atoms with Crippen LogP contribution >= 0.6 is 0 Å². The van der Waals surface area contributed by atoms with Crippen molar-refractivity contribution in [2.24, 2.45) is 62.6 Å². The average molecular weight is 447 g/mol. The lowest BCUT2D eigenvalue weighted by atomic mass is 9.32. The molecule has 0 heterocycles. The van der Waals surface area contributed by atoms with E-state index < -0.39 is 0 Å². The van der Waals surface area contributed by atoms with Crippen molar-refractivity contribution in [3.63, 3.8) is 0 Å². The molecule has 32 heavy (non-hydrogen) atoms. The quantitative estimate of drug-likeness (QED) is 0.452. The number of hydrogen-bond donors (Lipinski definition) is 1. The first-order valence-electron chi connectivity index (χ1n) is 14.0. The largest absolute Gasteiger partial charge is 0.412 e. The molecule has 186 valence electrons. The summed E-state index contributed by atoms with van der Waals surface area (Å²) in [5, 5.41) is 11.5. The normalized spacial score (nSPS) is 56.4. The highest BCUT2D eigenvalue weighted by atomic mass is 16.3. The van der Waals surface area contributed by atoms with E-state index in [1.807, 2.05) is 0 Å². The Bertz CT molecular complexity index is 728. The van der Waals surface area contributed by atoms with Gasteiger partial charge in [0.15, 0.2) is 0 Å². The molecule has 0 bridgehead atoms. The lowest BCUT2D eigenvalue weighted by molar-refractivity contribution is -0.260. The lowest BCUT2D eigenvalue weighted by Gasteiger charge is -2.73. The maximum Gasteiger partial charge on any atom is 0.0599 e. The van der Waals surface area contributed by atoms with Gasteiger partial charge in [0.1, 0.15) is 0 Å². The van der Waals surface area contributed by atoms with E-state index in [1.54, 1.807) is 0 Å². The van der Waals surface area contributed by atoms with Gasteiger partial charge in [-0.25, -0.2) is 0 Å². The van der Waals surface area contributed by atoms with E-state index in [0.717, 1.165) is 30.1 Å². The molecule has 2 heteroatoms. The molecular weight excluding hydrogens is 392 g/mol. The van der Waals surface area contributed by atoms with Crippen LogP contribution in [0.5, 0.6) is 0 Å². The molecule has 3 N–H and O–H groups in total. The molecule has 0 aromatic rings. The van der Waals surface area contributed by atoms with E-state index in [0.29, 0.717) is 33.5 Å². The summed E-state index contributed by atoms with van der Waals surface area (Å²) in [6, 6.07) is 0. The number of aliphatic hydroxyl groups is 1. The highest BCUT2D eigenvalue weighted by Gasteiger charge is 2.71. The Labute approximate surface area is 199 Å². The van der Waals surface area contributed by atoms with Gasteiger partial charge in [0.2, 0.25) is 0 Å². The Morgan fingerprint density at radius 1 is 0.688 bits per heavy atom. The van der Waals surface area contributed by atoms with Gasteiger partial charge in [-0.15, -0.1) is 0 Å². The highest BCUT2D eigenvalue weighted by molar-refractivity contribution is 5.19. The van der Waals surface area contributed by atoms with E-state index >= 15 is 0 Å². The second kappa shape index (κ2) is 7.46. The summed E-state index contributed by atoms with van der Waals surface area (Å²) in [6.45, 7) is 20.7. The van der Waals surface area contributed by atoms with E-state index in [1.165, 1.54) is 57.8 Å². The first kappa shape index (κ1) is 25.0. The van der Waals surface area contributed by atoms with Crippen molar-refractivity contribution in [1.82, 2.24) is 0 Å². The zero-order valence-corrected chi connectivity index (χ0v) is 22.6. The van der Waals surface area contributed by atoms with Crippen LogP contribution in [-0.4, -0.2) is 16.7 Å². The van der Waals surface area contributed by atoms with Crippen LogP contribution in [0.1, 0.15) is 120 Å². The fourth-order valence-corrected chi connectivity index (χ4v) is 11.7. The molecule has 0 aromatic heterocycles. The van der Waals surface area contributed by atoms with Crippen LogP contribution in [0.3, 0.4) is 0 Å². The monoisotopic (exact) mass is 446 g/mol. The Balaban J connectivity index is 0.00000245. The first-order valence-corrected chi connectivity index (χ1v) is 14.0. The smallest absolute Gasteiger partial charge is 0.0599 e. The number of fused-ring (bicyclic) bond motifs is 7. The fraction of sp³-hybridized carbons (Fsp3) is 1.00. The van der Waals surface area contributed by atoms with Crippen LogP contribution < -0.4 is 0 Å². The molecule has 0 spiro atoms. The van der Waals surface area contributed by atoms with Gasteiger partial charge in [0.05, 0.1) is 6.10 Å². The second-order valence-electron chi connectivity index (χ2n) is 15.2. The van der Waals surface area contributed by atoms with E-state index in [9.17, 15) is 5.11 Å². The summed E-state index contributed by atoms with van der Waals surface area (Å²) in [6.07, 6.45) is 13.5. The van der Waals surface area contributed by atoms with Gasteiger partial charge in [0.25, 0.3) is 0 Å². The molecule has 5 fully saturated rings. The van der Waals surface area contributed by atoms with Crippen LogP contribution in [0.4, 0.5) is 0 Å². The number of aliphatic hydroxyl groups excluding tert-OH is 1. The summed E-state index contributed by atoms with van der Waals surface area (Å²) in [7, 11) is 0. The van der Waals surface area contributed by atoms with E-state index in [4.69, 9.17) is 0 Å². The second-order valence-corrected chi connectivity index (χ2v) is 15.2. The summed E-state index contributed by atoms with van der Waals surface area (Å²) in [5.74, 6) is 4.97. The molecule has 5 unspecified atom stereocenters. The molecule has 5 aliphatic rings.